The first-order valence-electron chi connectivity index (χ1n) is 8.02. The van der Waals surface area contributed by atoms with Crippen LogP contribution >= 0.6 is 0 Å². The number of nitrogens with zero attached hydrogens (tertiary/aromatic N) is 1. The van der Waals surface area contributed by atoms with Crippen molar-refractivity contribution in [3.8, 4) is 0 Å². The molecule has 1 N–H and O–H groups in total. The van der Waals surface area contributed by atoms with Gasteiger partial charge in [0, 0.05) is 12.5 Å². The average Bonchev–Trinajstić information content (AvgIpc) is 2.39. The van der Waals surface area contributed by atoms with Gasteiger partial charge >= 0.3 is 5.97 Å². The Bertz CT molecular complexity index is 295. The second-order valence-electron chi connectivity index (χ2n) is 6.90. The van der Waals surface area contributed by atoms with Crippen LogP contribution in [0.5, 0.6) is 0 Å². The van der Waals surface area contributed by atoms with E-state index < -0.39 is 5.97 Å². The molecule has 2 rings (SSSR count). The van der Waals surface area contributed by atoms with E-state index in [9.17, 15) is 4.79 Å². The maximum atomic E-state index is 10.8. The zero-order valence-corrected chi connectivity index (χ0v) is 12.5. The molecule has 110 valence electrons. The number of carboxylic acids is 1. The summed E-state index contributed by atoms with van der Waals surface area (Å²) in [6, 6.07) is 0.770. The molecule has 1 aliphatic heterocycles. The molecule has 3 nitrogen and oxygen atoms in total. The fourth-order valence-electron chi connectivity index (χ4n) is 3.91. The first kappa shape index (κ1) is 14.8. The van der Waals surface area contributed by atoms with Gasteiger partial charge < -0.3 is 10.0 Å². The number of carboxylic acid groups (broad SMARTS) is 1. The average molecular weight is 267 g/mol. The first-order valence-corrected chi connectivity index (χ1v) is 8.02. The summed E-state index contributed by atoms with van der Waals surface area (Å²) in [6.07, 6.45) is 8.03. The fourth-order valence-corrected chi connectivity index (χ4v) is 3.91. The van der Waals surface area contributed by atoms with Crippen molar-refractivity contribution in [2.75, 3.05) is 13.1 Å². The van der Waals surface area contributed by atoms with Crippen LogP contribution < -0.4 is 0 Å². The summed E-state index contributed by atoms with van der Waals surface area (Å²) in [5, 5.41) is 8.86. The van der Waals surface area contributed by atoms with Crippen LogP contribution in [0.4, 0.5) is 0 Å². The Labute approximate surface area is 117 Å². The lowest BCUT2D eigenvalue weighted by Gasteiger charge is -2.42. The highest BCUT2D eigenvalue weighted by Crippen LogP contribution is 2.34. The molecule has 1 aliphatic carbocycles. The largest absolute Gasteiger partial charge is 0.481 e. The van der Waals surface area contributed by atoms with Gasteiger partial charge in [-0.05, 0) is 56.5 Å². The number of rotatable bonds is 4. The molecular weight excluding hydrogens is 238 g/mol. The quantitative estimate of drug-likeness (QED) is 0.849. The third-order valence-electron chi connectivity index (χ3n) is 5.26. The Kier molecular flexibility index (Phi) is 5.26. The molecule has 0 aromatic carbocycles. The van der Waals surface area contributed by atoms with Crippen LogP contribution in [0.2, 0.25) is 0 Å². The second kappa shape index (κ2) is 6.74. The summed E-state index contributed by atoms with van der Waals surface area (Å²) in [7, 11) is 0. The van der Waals surface area contributed by atoms with Crippen LogP contribution in [0, 0.1) is 17.8 Å². The van der Waals surface area contributed by atoms with E-state index in [1.54, 1.807) is 0 Å². The number of piperidine rings is 1. The highest BCUT2D eigenvalue weighted by molar-refractivity contribution is 5.67. The van der Waals surface area contributed by atoms with E-state index in [1.807, 2.05) is 0 Å². The lowest BCUT2D eigenvalue weighted by Crippen LogP contribution is -2.44. The zero-order valence-electron chi connectivity index (χ0n) is 12.5. The van der Waals surface area contributed by atoms with E-state index in [4.69, 9.17) is 5.11 Å². The molecule has 1 heterocycles. The molecule has 19 heavy (non-hydrogen) atoms. The Morgan fingerprint density at radius 3 is 2.47 bits per heavy atom. The van der Waals surface area contributed by atoms with Gasteiger partial charge in [0.1, 0.15) is 0 Å². The molecular formula is C16H29NO2. The second-order valence-corrected chi connectivity index (χ2v) is 6.90. The molecule has 0 bridgehead atoms. The predicted octanol–water partition coefficient (Wildman–Crippen LogP) is 3.39. The lowest BCUT2D eigenvalue weighted by molar-refractivity contribution is -0.138. The topological polar surface area (TPSA) is 40.5 Å². The summed E-state index contributed by atoms with van der Waals surface area (Å²) in [5.41, 5.74) is 0. The Morgan fingerprint density at radius 2 is 1.89 bits per heavy atom. The predicted molar refractivity (Wildman–Crippen MR) is 77.1 cm³/mol. The van der Waals surface area contributed by atoms with E-state index in [0.29, 0.717) is 12.3 Å². The molecule has 0 aromatic rings. The molecule has 0 amide bonds. The van der Waals surface area contributed by atoms with Crippen molar-refractivity contribution >= 4 is 5.97 Å². The van der Waals surface area contributed by atoms with Gasteiger partial charge in [0.25, 0.3) is 0 Å². The minimum atomic E-state index is -0.629. The van der Waals surface area contributed by atoms with Crippen LogP contribution in [0.3, 0.4) is 0 Å². The van der Waals surface area contributed by atoms with Gasteiger partial charge in [0.05, 0.1) is 0 Å². The van der Waals surface area contributed by atoms with Crippen molar-refractivity contribution < 1.29 is 9.90 Å². The van der Waals surface area contributed by atoms with Crippen molar-refractivity contribution in [1.29, 1.82) is 0 Å². The molecule has 0 aromatic heterocycles. The molecule has 2 unspecified atom stereocenters. The SMILES string of the molecule is CC(C)C1CCCC(N2CCC(CC(=O)O)CC2)C1. The van der Waals surface area contributed by atoms with E-state index in [1.165, 1.54) is 25.7 Å². The van der Waals surface area contributed by atoms with E-state index in [0.717, 1.165) is 43.8 Å². The van der Waals surface area contributed by atoms with Crippen LogP contribution in [0.25, 0.3) is 0 Å². The molecule has 0 spiro atoms. The van der Waals surface area contributed by atoms with E-state index in [-0.39, 0.29) is 0 Å². The van der Waals surface area contributed by atoms with E-state index >= 15 is 0 Å². The fraction of sp³-hybridized carbons (Fsp3) is 0.938. The van der Waals surface area contributed by atoms with Crippen LogP contribution in [-0.2, 0) is 4.79 Å². The number of likely N-dealkylation sites (tertiary alicyclic amines) is 1. The maximum Gasteiger partial charge on any atom is 0.303 e. The van der Waals surface area contributed by atoms with Crippen LogP contribution in [-0.4, -0.2) is 35.1 Å². The van der Waals surface area contributed by atoms with Crippen molar-refractivity contribution in [2.45, 2.75) is 64.8 Å². The molecule has 1 saturated carbocycles. The van der Waals surface area contributed by atoms with Gasteiger partial charge in [-0.3, -0.25) is 4.79 Å². The summed E-state index contributed by atoms with van der Waals surface area (Å²) in [5.74, 6) is 1.50. The smallest absolute Gasteiger partial charge is 0.303 e. The highest BCUT2D eigenvalue weighted by Gasteiger charge is 2.30. The normalized spacial score (nSPS) is 30.7. The number of aliphatic carboxylic acids is 1. The number of hydrogen-bond donors (Lipinski definition) is 1. The lowest BCUT2D eigenvalue weighted by atomic mass is 9.78. The van der Waals surface area contributed by atoms with Gasteiger partial charge in [-0.2, -0.15) is 0 Å². The third-order valence-corrected chi connectivity index (χ3v) is 5.26. The van der Waals surface area contributed by atoms with E-state index in [2.05, 4.69) is 18.7 Å². The maximum absolute atomic E-state index is 10.8. The summed E-state index contributed by atoms with van der Waals surface area (Å²) in [4.78, 5) is 13.4. The standard InChI is InChI=1S/C16H29NO2/c1-12(2)14-4-3-5-15(11-14)17-8-6-13(7-9-17)10-16(18)19/h12-15H,3-11H2,1-2H3,(H,18,19). The van der Waals surface area contributed by atoms with Gasteiger partial charge in [0.2, 0.25) is 0 Å². The molecule has 3 heteroatoms. The molecule has 1 saturated heterocycles. The Balaban J connectivity index is 1.79. The van der Waals surface area contributed by atoms with Crippen LogP contribution in [0.1, 0.15) is 58.8 Å². The minimum Gasteiger partial charge on any atom is -0.481 e. The van der Waals surface area contributed by atoms with Gasteiger partial charge in [-0.25, -0.2) is 0 Å². The first-order chi connectivity index (χ1) is 9.06. The summed E-state index contributed by atoms with van der Waals surface area (Å²) in [6.45, 7) is 6.94. The summed E-state index contributed by atoms with van der Waals surface area (Å²) < 4.78 is 0. The zero-order chi connectivity index (χ0) is 13.8. The van der Waals surface area contributed by atoms with Crippen molar-refractivity contribution in [3.63, 3.8) is 0 Å². The molecule has 2 fully saturated rings. The van der Waals surface area contributed by atoms with Gasteiger partial charge in [-0.15, -0.1) is 0 Å². The summed E-state index contributed by atoms with van der Waals surface area (Å²) >= 11 is 0. The van der Waals surface area contributed by atoms with Crippen LogP contribution in [0.15, 0.2) is 0 Å². The van der Waals surface area contributed by atoms with Gasteiger partial charge in [0.15, 0.2) is 0 Å². The monoisotopic (exact) mass is 267 g/mol. The molecule has 2 aliphatic rings. The molecule has 0 radical (unpaired) electrons. The number of hydrogen-bond acceptors (Lipinski definition) is 2. The van der Waals surface area contributed by atoms with Crippen molar-refractivity contribution in [1.82, 2.24) is 4.90 Å². The van der Waals surface area contributed by atoms with Crippen molar-refractivity contribution in [3.05, 3.63) is 0 Å². The Morgan fingerprint density at radius 1 is 1.21 bits per heavy atom. The van der Waals surface area contributed by atoms with Crippen molar-refractivity contribution in [2.24, 2.45) is 17.8 Å². The Hall–Kier alpha value is -0.570. The van der Waals surface area contributed by atoms with Gasteiger partial charge in [-0.1, -0.05) is 26.7 Å². The minimum absolute atomic E-state index is 0.368. The third kappa shape index (κ3) is 4.20. The highest BCUT2D eigenvalue weighted by atomic mass is 16.4. The number of carbonyl (C=O) groups is 1. The molecule has 2 atom stereocenters.